The van der Waals surface area contributed by atoms with E-state index in [-0.39, 0.29) is 5.91 Å². The highest BCUT2D eigenvalue weighted by atomic mass is 32.2. The minimum atomic E-state index is -0.391. The van der Waals surface area contributed by atoms with Crippen molar-refractivity contribution >= 4 is 40.6 Å². The fraction of sp³-hybridized carbons (Fsp3) is 0.261. The average molecular weight is 425 g/mol. The molecule has 0 bridgehead atoms. The Bertz CT molecular complexity index is 979. The molecular weight excluding hydrogens is 400 g/mol. The molecule has 30 heavy (non-hydrogen) atoms. The van der Waals surface area contributed by atoms with E-state index in [1.807, 2.05) is 30.3 Å². The summed E-state index contributed by atoms with van der Waals surface area (Å²) in [5, 5.41) is 0.649. The summed E-state index contributed by atoms with van der Waals surface area (Å²) in [6, 6.07) is 14.3. The summed E-state index contributed by atoms with van der Waals surface area (Å²) in [6.07, 6.45) is 1.82. The number of ether oxygens (including phenoxy) is 2. The minimum Gasteiger partial charge on any atom is -0.497 e. The van der Waals surface area contributed by atoms with Crippen molar-refractivity contribution in [2.75, 3.05) is 20.8 Å². The SMILES string of the molecule is COC(=O)c1ccc(C=C2SC(=Nc3ccc(OC)cc3)N(CC(C)C)C2=O)cc1. The summed E-state index contributed by atoms with van der Waals surface area (Å²) >= 11 is 1.35. The molecule has 0 atom stereocenters. The van der Waals surface area contributed by atoms with Gasteiger partial charge in [0.05, 0.1) is 30.4 Å². The van der Waals surface area contributed by atoms with Crippen LogP contribution in [-0.4, -0.2) is 42.7 Å². The number of carbonyl (C=O) groups excluding carboxylic acids is 2. The van der Waals surface area contributed by atoms with Gasteiger partial charge in [0.15, 0.2) is 5.17 Å². The first-order valence-corrected chi connectivity index (χ1v) is 10.4. The van der Waals surface area contributed by atoms with Crippen LogP contribution in [0.2, 0.25) is 0 Å². The van der Waals surface area contributed by atoms with Crippen LogP contribution in [-0.2, 0) is 9.53 Å². The minimum absolute atomic E-state index is 0.0713. The first kappa shape index (κ1) is 21.6. The van der Waals surface area contributed by atoms with Gasteiger partial charge >= 0.3 is 5.97 Å². The third-order valence-electron chi connectivity index (χ3n) is 4.36. The highest BCUT2D eigenvalue weighted by Crippen LogP contribution is 2.35. The van der Waals surface area contributed by atoms with Gasteiger partial charge in [-0.05, 0) is 65.7 Å². The van der Waals surface area contributed by atoms with Crippen molar-refractivity contribution in [1.29, 1.82) is 0 Å². The van der Waals surface area contributed by atoms with Crippen LogP contribution in [0.15, 0.2) is 58.4 Å². The van der Waals surface area contributed by atoms with E-state index >= 15 is 0 Å². The molecule has 6 nitrogen and oxygen atoms in total. The van der Waals surface area contributed by atoms with E-state index < -0.39 is 5.97 Å². The van der Waals surface area contributed by atoms with E-state index in [1.165, 1.54) is 18.9 Å². The maximum absolute atomic E-state index is 13.0. The van der Waals surface area contributed by atoms with Gasteiger partial charge in [-0.25, -0.2) is 9.79 Å². The van der Waals surface area contributed by atoms with Crippen molar-refractivity contribution in [3.8, 4) is 5.75 Å². The summed E-state index contributed by atoms with van der Waals surface area (Å²) < 4.78 is 9.91. The number of aliphatic imine (C=N–C) groups is 1. The van der Waals surface area contributed by atoms with Crippen molar-refractivity contribution in [2.24, 2.45) is 10.9 Å². The molecule has 1 aliphatic rings. The first-order valence-electron chi connectivity index (χ1n) is 9.53. The van der Waals surface area contributed by atoms with Crippen molar-refractivity contribution in [1.82, 2.24) is 4.90 Å². The number of carbonyl (C=O) groups is 2. The maximum atomic E-state index is 13.0. The first-order chi connectivity index (χ1) is 14.4. The monoisotopic (exact) mass is 424 g/mol. The van der Waals surface area contributed by atoms with Gasteiger partial charge in [-0.2, -0.15) is 0 Å². The largest absolute Gasteiger partial charge is 0.497 e. The van der Waals surface area contributed by atoms with Crippen LogP contribution < -0.4 is 4.74 Å². The predicted molar refractivity (Wildman–Crippen MR) is 120 cm³/mol. The Morgan fingerprint density at radius 2 is 1.77 bits per heavy atom. The summed E-state index contributed by atoms with van der Waals surface area (Å²) in [6.45, 7) is 4.71. The molecule has 3 rings (SSSR count). The quantitative estimate of drug-likeness (QED) is 0.495. The molecule has 156 valence electrons. The molecule has 7 heteroatoms. The number of nitrogens with zero attached hydrogens (tertiary/aromatic N) is 2. The standard InChI is InChI=1S/C23H24N2O4S/c1-15(2)14-25-21(26)20(13-16-5-7-17(8-6-16)22(27)29-4)30-23(25)24-18-9-11-19(28-3)12-10-18/h5-13,15H,14H2,1-4H3. The zero-order chi connectivity index (χ0) is 21.7. The summed E-state index contributed by atoms with van der Waals surface area (Å²) in [5.74, 6) is 0.592. The third kappa shape index (κ3) is 5.10. The van der Waals surface area contributed by atoms with E-state index in [4.69, 9.17) is 9.47 Å². The molecule has 0 saturated carbocycles. The summed E-state index contributed by atoms with van der Waals surface area (Å²) in [5.41, 5.74) is 2.05. The molecule has 0 aliphatic carbocycles. The van der Waals surface area contributed by atoms with E-state index in [0.717, 1.165) is 17.0 Å². The van der Waals surface area contributed by atoms with Gasteiger partial charge in [-0.15, -0.1) is 0 Å². The predicted octanol–water partition coefficient (Wildman–Crippen LogP) is 4.74. The van der Waals surface area contributed by atoms with E-state index in [2.05, 4.69) is 18.8 Å². The lowest BCUT2D eigenvalue weighted by atomic mass is 10.1. The number of esters is 1. The molecule has 1 aliphatic heterocycles. The molecule has 0 unspecified atom stereocenters. The Balaban J connectivity index is 1.89. The van der Waals surface area contributed by atoms with Gasteiger partial charge < -0.3 is 9.47 Å². The number of hydrogen-bond donors (Lipinski definition) is 0. The number of benzene rings is 2. The van der Waals surface area contributed by atoms with Gasteiger partial charge in [-0.1, -0.05) is 26.0 Å². The van der Waals surface area contributed by atoms with Gasteiger partial charge in [0.25, 0.3) is 5.91 Å². The lowest BCUT2D eigenvalue weighted by molar-refractivity contribution is -0.122. The number of methoxy groups -OCH3 is 2. The van der Waals surface area contributed by atoms with Crippen LogP contribution in [0.3, 0.4) is 0 Å². The summed E-state index contributed by atoms with van der Waals surface area (Å²) in [7, 11) is 2.96. The normalized spacial score (nSPS) is 16.6. The molecule has 1 heterocycles. The Morgan fingerprint density at radius 1 is 1.10 bits per heavy atom. The number of amidine groups is 1. The lowest BCUT2D eigenvalue weighted by Gasteiger charge is -2.17. The fourth-order valence-electron chi connectivity index (χ4n) is 2.87. The highest BCUT2D eigenvalue weighted by Gasteiger charge is 2.33. The van der Waals surface area contributed by atoms with Crippen LogP contribution in [0.4, 0.5) is 5.69 Å². The Hall–Kier alpha value is -3.06. The molecule has 2 aromatic rings. The second-order valence-electron chi connectivity index (χ2n) is 7.13. The van der Waals surface area contributed by atoms with Crippen molar-refractivity contribution in [3.05, 3.63) is 64.6 Å². The van der Waals surface area contributed by atoms with Gasteiger partial charge in [0.2, 0.25) is 0 Å². The molecule has 0 radical (unpaired) electrons. The Labute approximate surface area is 180 Å². The van der Waals surface area contributed by atoms with Crippen molar-refractivity contribution in [2.45, 2.75) is 13.8 Å². The van der Waals surface area contributed by atoms with Crippen LogP contribution in [0, 0.1) is 5.92 Å². The second kappa shape index (κ2) is 9.63. The fourth-order valence-corrected chi connectivity index (χ4v) is 3.88. The zero-order valence-electron chi connectivity index (χ0n) is 17.4. The molecular formula is C23H24N2O4S. The Kier molecular flexibility index (Phi) is 6.95. The van der Waals surface area contributed by atoms with E-state index in [1.54, 1.807) is 36.3 Å². The molecule has 0 N–H and O–H groups in total. The highest BCUT2D eigenvalue weighted by molar-refractivity contribution is 8.18. The smallest absolute Gasteiger partial charge is 0.337 e. The van der Waals surface area contributed by atoms with Crippen molar-refractivity contribution < 1.29 is 19.1 Å². The third-order valence-corrected chi connectivity index (χ3v) is 5.37. The summed E-state index contributed by atoms with van der Waals surface area (Å²) in [4.78, 5) is 31.6. The number of thioether (sulfide) groups is 1. The van der Waals surface area contributed by atoms with Crippen LogP contribution in [0.5, 0.6) is 5.75 Å². The van der Waals surface area contributed by atoms with Crippen LogP contribution in [0.1, 0.15) is 29.8 Å². The molecule has 1 amide bonds. The topological polar surface area (TPSA) is 68.2 Å². The average Bonchev–Trinajstić information content (AvgIpc) is 3.02. The van der Waals surface area contributed by atoms with Gasteiger partial charge in [0.1, 0.15) is 5.75 Å². The number of hydrogen-bond acceptors (Lipinski definition) is 6. The second-order valence-corrected chi connectivity index (χ2v) is 8.14. The van der Waals surface area contributed by atoms with Crippen LogP contribution >= 0.6 is 11.8 Å². The van der Waals surface area contributed by atoms with Gasteiger partial charge in [0, 0.05) is 6.54 Å². The zero-order valence-corrected chi connectivity index (χ0v) is 18.2. The Morgan fingerprint density at radius 3 is 2.33 bits per heavy atom. The molecule has 0 aromatic heterocycles. The van der Waals surface area contributed by atoms with Crippen LogP contribution in [0.25, 0.3) is 6.08 Å². The van der Waals surface area contributed by atoms with Gasteiger partial charge in [-0.3, -0.25) is 9.69 Å². The lowest BCUT2D eigenvalue weighted by Crippen LogP contribution is -2.32. The maximum Gasteiger partial charge on any atom is 0.337 e. The molecule has 1 saturated heterocycles. The number of rotatable bonds is 6. The number of amides is 1. The van der Waals surface area contributed by atoms with E-state index in [9.17, 15) is 9.59 Å². The molecule has 0 spiro atoms. The molecule has 2 aromatic carbocycles. The van der Waals surface area contributed by atoms with E-state index in [0.29, 0.717) is 28.1 Å². The van der Waals surface area contributed by atoms with Crippen molar-refractivity contribution in [3.63, 3.8) is 0 Å². The molecule has 1 fully saturated rings.